The van der Waals surface area contributed by atoms with Crippen molar-refractivity contribution in [1.82, 2.24) is 5.32 Å². The molecule has 2 heteroatoms. The third kappa shape index (κ3) is 2.83. The maximum Gasteiger partial charge on any atom is 0.0446 e. The maximum absolute atomic E-state index is 5.83. The van der Waals surface area contributed by atoms with Crippen molar-refractivity contribution in [1.29, 1.82) is 0 Å². The molecule has 3 N–H and O–H groups in total. The molecule has 0 bridgehead atoms. The Morgan fingerprint density at radius 3 is 2.69 bits per heavy atom. The lowest BCUT2D eigenvalue weighted by atomic mass is 10.0. The Balaban J connectivity index is 2.13. The molecule has 1 fully saturated rings. The van der Waals surface area contributed by atoms with Crippen molar-refractivity contribution < 1.29 is 0 Å². The molecule has 1 aromatic rings. The SMILES string of the molecule is CC(C)NC(CN)c1cccc(C2CC2)c1. The maximum atomic E-state index is 5.83. The van der Waals surface area contributed by atoms with Crippen LogP contribution in [0.15, 0.2) is 24.3 Å². The molecule has 1 unspecified atom stereocenters. The van der Waals surface area contributed by atoms with Gasteiger partial charge in [-0.15, -0.1) is 0 Å². The van der Waals surface area contributed by atoms with Crippen molar-refractivity contribution in [2.75, 3.05) is 6.54 Å². The molecule has 1 aromatic carbocycles. The Morgan fingerprint density at radius 1 is 1.38 bits per heavy atom. The van der Waals surface area contributed by atoms with Crippen molar-refractivity contribution in [3.05, 3.63) is 35.4 Å². The molecule has 2 nitrogen and oxygen atoms in total. The molecule has 88 valence electrons. The number of hydrogen-bond acceptors (Lipinski definition) is 2. The number of rotatable bonds is 5. The number of benzene rings is 1. The summed E-state index contributed by atoms with van der Waals surface area (Å²) in [5.41, 5.74) is 8.65. The van der Waals surface area contributed by atoms with Gasteiger partial charge >= 0.3 is 0 Å². The predicted molar refractivity (Wildman–Crippen MR) is 68.5 cm³/mol. The number of nitrogens with one attached hydrogen (secondary N) is 1. The largest absolute Gasteiger partial charge is 0.329 e. The fourth-order valence-electron chi connectivity index (χ4n) is 2.15. The van der Waals surface area contributed by atoms with Crippen LogP contribution < -0.4 is 11.1 Å². The summed E-state index contributed by atoms with van der Waals surface area (Å²) in [6.07, 6.45) is 2.71. The summed E-state index contributed by atoms with van der Waals surface area (Å²) in [6.45, 7) is 4.98. The number of hydrogen-bond donors (Lipinski definition) is 2. The molecule has 1 atom stereocenters. The first kappa shape index (κ1) is 11.6. The van der Waals surface area contributed by atoms with Crippen LogP contribution in [0.5, 0.6) is 0 Å². The van der Waals surface area contributed by atoms with Gasteiger partial charge in [0.15, 0.2) is 0 Å². The van der Waals surface area contributed by atoms with E-state index < -0.39 is 0 Å². The highest BCUT2D eigenvalue weighted by Crippen LogP contribution is 2.40. The Morgan fingerprint density at radius 2 is 2.12 bits per heavy atom. The van der Waals surface area contributed by atoms with E-state index in [4.69, 9.17) is 5.73 Å². The summed E-state index contributed by atoms with van der Waals surface area (Å²) in [4.78, 5) is 0. The zero-order valence-electron chi connectivity index (χ0n) is 10.2. The van der Waals surface area contributed by atoms with Gasteiger partial charge in [-0.3, -0.25) is 0 Å². The fraction of sp³-hybridized carbons (Fsp3) is 0.571. The molecule has 0 aromatic heterocycles. The minimum Gasteiger partial charge on any atom is -0.329 e. The molecule has 1 aliphatic rings. The molecule has 0 saturated heterocycles. The van der Waals surface area contributed by atoms with Gasteiger partial charge in [-0.2, -0.15) is 0 Å². The monoisotopic (exact) mass is 218 g/mol. The molecule has 2 rings (SSSR count). The molecule has 0 heterocycles. The van der Waals surface area contributed by atoms with Gasteiger partial charge in [0.25, 0.3) is 0 Å². The van der Waals surface area contributed by atoms with Crippen LogP contribution in [0.25, 0.3) is 0 Å². The first-order valence-electron chi connectivity index (χ1n) is 6.26. The highest BCUT2D eigenvalue weighted by atomic mass is 15.0. The van der Waals surface area contributed by atoms with E-state index in [2.05, 4.69) is 43.4 Å². The molecule has 0 radical (unpaired) electrons. The van der Waals surface area contributed by atoms with Crippen LogP contribution in [-0.4, -0.2) is 12.6 Å². The van der Waals surface area contributed by atoms with E-state index in [9.17, 15) is 0 Å². The smallest absolute Gasteiger partial charge is 0.0446 e. The van der Waals surface area contributed by atoms with Gasteiger partial charge in [0.1, 0.15) is 0 Å². The molecule has 16 heavy (non-hydrogen) atoms. The minimum atomic E-state index is 0.290. The van der Waals surface area contributed by atoms with E-state index in [1.807, 2.05) is 0 Å². The summed E-state index contributed by atoms with van der Waals surface area (Å²) >= 11 is 0. The highest BCUT2D eigenvalue weighted by molar-refractivity contribution is 5.31. The number of nitrogens with two attached hydrogens (primary N) is 1. The van der Waals surface area contributed by atoms with Crippen molar-refractivity contribution >= 4 is 0 Å². The van der Waals surface area contributed by atoms with E-state index in [0.29, 0.717) is 18.6 Å². The second kappa shape index (κ2) is 4.98. The quantitative estimate of drug-likeness (QED) is 0.797. The van der Waals surface area contributed by atoms with Crippen molar-refractivity contribution in [2.24, 2.45) is 5.73 Å². The lowest BCUT2D eigenvalue weighted by Gasteiger charge is -2.20. The van der Waals surface area contributed by atoms with E-state index >= 15 is 0 Å². The molecular weight excluding hydrogens is 196 g/mol. The van der Waals surface area contributed by atoms with Gasteiger partial charge in [0, 0.05) is 18.6 Å². The molecular formula is C14H22N2. The lowest BCUT2D eigenvalue weighted by Crippen LogP contribution is -2.33. The summed E-state index contributed by atoms with van der Waals surface area (Å²) in [5.74, 6) is 0.817. The van der Waals surface area contributed by atoms with E-state index in [1.54, 1.807) is 0 Å². The van der Waals surface area contributed by atoms with Gasteiger partial charge in [-0.05, 0) is 29.9 Å². The van der Waals surface area contributed by atoms with Crippen molar-refractivity contribution in [2.45, 2.75) is 44.7 Å². The topological polar surface area (TPSA) is 38.0 Å². The first-order valence-corrected chi connectivity index (χ1v) is 6.26. The standard InChI is InChI=1S/C14H22N2/c1-10(2)16-14(9-15)13-5-3-4-12(8-13)11-6-7-11/h3-5,8,10-11,14,16H,6-7,9,15H2,1-2H3. The lowest BCUT2D eigenvalue weighted by molar-refractivity contribution is 0.483. The van der Waals surface area contributed by atoms with E-state index in [1.165, 1.54) is 24.0 Å². The third-order valence-electron chi connectivity index (χ3n) is 3.13. The molecule has 1 aliphatic carbocycles. The Hall–Kier alpha value is -0.860. The summed E-state index contributed by atoms with van der Waals surface area (Å²) < 4.78 is 0. The molecule has 0 amide bonds. The zero-order valence-corrected chi connectivity index (χ0v) is 10.2. The first-order chi connectivity index (χ1) is 7.70. The van der Waals surface area contributed by atoms with Crippen LogP contribution >= 0.6 is 0 Å². The van der Waals surface area contributed by atoms with Crippen LogP contribution in [0.4, 0.5) is 0 Å². The fourth-order valence-corrected chi connectivity index (χ4v) is 2.15. The Bertz CT molecular complexity index is 342. The normalized spacial score (nSPS) is 17.8. The summed E-state index contributed by atoms with van der Waals surface area (Å²) in [6, 6.07) is 9.66. The van der Waals surface area contributed by atoms with Gasteiger partial charge in [0.05, 0.1) is 0 Å². The van der Waals surface area contributed by atoms with Gasteiger partial charge < -0.3 is 11.1 Å². The van der Waals surface area contributed by atoms with E-state index in [-0.39, 0.29) is 0 Å². The summed E-state index contributed by atoms with van der Waals surface area (Å²) in [5, 5.41) is 3.51. The highest BCUT2D eigenvalue weighted by Gasteiger charge is 2.24. The summed E-state index contributed by atoms with van der Waals surface area (Å²) in [7, 11) is 0. The second-order valence-electron chi connectivity index (χ2n) is 5.05. The minimum absolute atomic E-state index is 0.290. The zero-order chi connectivity index (χ0) is 11.5. The van der Waals surface area contributed by atoms with Gasteiger partial charge in [-0.25, -0.2) is 0 Å². The van der Waals surface area contributed by atoms with Crippen LogP contribution in [0.3, 0.4) is 0 Å². The Kier molecular flexibility index (Phi) is 3.62. The van der Waals surface area contributed by atoms with Crippen molar-refractivity contribution in [3.63, 3.8) is 0 Å². The average Bonchev–Trinajstić information content (AvgIpc) is 3.09. The molecule has 0 aliphatic heterocycles. The van der Waals surface area contributed by atoms with Gasteiger partial charge in [0.2, 0.25) is 0 Å². The average molecular weight is 218 g/mol. The Labute approximate surface area is 98.2 Å². The van der Waals surface area contributed by atoms with E-state index in [0.717, 1.165) is 5.92 Å². The van der Waals surface area contributed by atoms with Crippen molar-refractivity contribution in [3.8, 4) is 0 Å². The van der Waals surface area contributed by atoms with Crippen LogP contribution in [0.1, 0.15) is 49.8 Å². The molecule has 0 spiro atoms. The van der Waals surface area contributed by atoms with Crippen LogP contribution in [0.2, 0.25) is 0 Å². The molecule has 1 saturated carbocycles. The predicted octanol–water partition coefficient (Wildman–Crippen LogP) is 2.56. The second-order valence-corrected chi connectivity index (χ2v) is 5.05. The van der Waals surface area contributed by atoms with Crippen LogP contribution in [-0.2, 0) is 0 Å². The van der Waals surface area contributed by atoms with Crippen LogP contribution in [0, 0.1) is 0 Å². The van der Waals surface area contributed by atoms with Gasteiger partial charge in [-0.1, -0.05) is 38.1 Å². The third-order valence-corrected chi connectivity index (χ3v) is 3.13.